The van der Waals surface area contributed by atoms with E-state index < -0.39 is 23.8 Å². The van der Waals surface area contributed by atoms with E-state index in [0.29, 0.717) is 36.8 Å². The van der Waals surface area contributed by atoms with Crippen LogP contribution in [0.15, 0.2) is 48.5 Å². The molecule has 3 amide bonds. The SMILES string of the molecule is CCOc1ccc([C@@H](C(=O)NC[C@H]2CCCO2)N(C(=O)c2snc(C(N)=O)c2N)c2cccc(C)c2)cc1. The van der Waals surface area contributed by atoms with Crippen LogP contribution in [0, 0.1) is 6.92 Å². The van der Waals surface area contributed by atoms with Crippen molar-refractivity contribution in [2.45, 2.75) is 38.8 Å². The fourth-order valence-corrected chi connectivity index (χ4v) is 5.09. The molecule has 2 heterocycles. The van der Waals surface area contributed by atoms with E-state index in [-0.39, 0.29) is 22.4 Å². The molecule has 0 bridgehead atoms. The van der Waals surface area contributed by atoms with Gasteiger partial charge in [-0.15, -0.1) is 0 Å². The lowest BCUT2D eigenvalue weighted by Crippen LogP contribution is -2.45. The number of primary amides is 1. The van der Waals surface area contributed by atoms with Crippen molar-refractivity contribution in [1.82, 2.24) is 9.69 Å². The number of ether oxygens (including phenoxy) is 2. The number of aryl methyl sites for hydroxylation is 1. The molecule has 0 spiro atoms. The Labute approximate surface area is 225 Å². The molecule has 5 N–H and O–H groups in total. The lowest BCUT2D eigenvalue weighted by Gasteiger charge is -2.32. The fraction of sp³-hybridized carbons (Fsp3) is 0.333. The fourth-order valence-electron chi connectivity index (χ4n) is 4.35. The van der Waals surface area contributed by atoms with Gasteiger partial charge < -0.3 is 26.3 Å². The van der Waals surface area contributed by atoms with E-state index in [4.69, 9.17) is 20.9 Å². The first kappa shape index (κ1) is 27.1. The summed E-state index contributed by atoms with van der Waals surface area (Å²) in [5.74, 6) is -1.17. The molecule has 0 aliphatic carbocycles. The van der Waals surface area contributed by atoms with Crippen LogP contribution in [0.2, 0.25) is 0 Å². The Morgan fingerprint density at radius 1 is 1.24 bits per heavy atom. The number of nitrogens with two attached hydrogens (primary N) is 2. The molecule has 3 aromatic rings. The number of benzene rings is 2. The van der Waals surface area contributed by atoms with Gasteiger partial charge >= 0.3 is 0 Å². The molecule has 0 saturated carbocycles. The highest BCUT2D eigenvalue weighted by Gasteiger charge is 2.36. The van der Waals surface area contributed by atoms with E-state index in [2.05, 4.69) is 9.69 Å². The van der Waals surface area contributed by atoms with Gasteiger partial charge in [-0.3, -0.25) is 19.3 Å². The van der Waals surface area contributed by atoms with Gasteiger partial charge in [0.25, 0.3) is 11.8 Å². The number of hydrogen-bond acceptors (Lipinski definition) is 8. The maximum atomic E-state index is 14.1. The Balaban J connectivity index is 1.80. The van der Waals surface area contributed by atoms with Gasteiger partial charge in [-0.1, -0.05) is 24.3 Å². The molecule has 1 fully saturated rings. The zero-order valence-corrected chi connectivity index (χ0v) is 22.1. The van der Waals surface area contributed by atoms with E-state index in [9.17, 15) is 14.4 Å². The van der Waals surface area contributed by atoms with Crippen molar-refractivity contribution in [2.24, 2.45) is 5.73 Å². The normalized spacial score (nSPS) is 15.6. The molecule has 1 aliphatic heterocycles. The molecule has 38 heavy (non-hydrogen) atoms. The highest BCUT2D eigenvalue weighted by atomic mass is 32.1. The maximum absolute atomic E-state index is 14.1. The predicted molar refractivity (Wildman–Crippen MR) is 145 cm³/mol. The number of rotatable bonds is 10. The highest BCUT2D eigenvalue weighted by Crippen LogP contribution is 2.34. The second-order valence-electron chi connectivity index (χ2n) is 8.94. The molecule has 4 rings (SSSR count). The maximum Gasteiger partial charge on any atom is 0.273 e. The molecule has 10 nitrogen and oxygen atoms in total. The second-order valence-corrected chi connectivity index (χ2v) is 9.71. The number of nitrogens with one attached hydrogen (secondary N) is 1. The Bertz CT molecular complexity index is 1300. The minimum absolute atomic E-state index is 0.0168. The first-order chi connectivity index (χ1) is 18.3. The zero-order chi connectivity index (χ0) is 27.2. The monoisotopic (exact) mass is 537 g/mol. The van der Waals surface area contributed by atoms with Crippen LogP contribution in [0.3, 0.4) is 0 Å². The van der Waals surface area contributed by atoms with E-state index in [1.54, 1.807) is 42.5 Å². The summed E-state index contributed by atoms with van der Waals surface area (Å²) in [6, 6.07) is 13.2. The van der Waals surface area contributed by atoms with E-state index in [0.717, 1.165) is 29.9 Å². The highest BCUT2D eigenvalue weighted by molar-refractivity contribution is 7.09. The van der Waals surface area contributed by atoms with Gasteiger partial charge in [0.1, 0.15) is 16.7 Å². The zero-order valence-electron chi connectivity index (χ0n) is 21.3. The number of carbonyl (C=O) groups is 3. The van der Waals surface area contributed by atoms with E-state index in [1.165, 1.54) is 4.90 Å². The minimum atomic E-state index is -1.07. The van der Waals surface area contributed by atoms with Crippen LogP contribution in [0.4, 0.5) is 11.4 Å². The van der Waals surface area contributed by atoms with Crippen molar-refractivity contribution in [2.75, 3.05) is 30.4 Å². The number of aromatic nitrogens is 1. The smallest absolute Gasteiger partial charge is 0.273 e. The van der Waals surface area contributed by atoms with Crippen molar-refractivity contribution in [3.8, 4) is 5.75 Å². The van der Waals surface area contributed by atoms with Gasteiger partial charge in [-0.2, -0.15) is 4.37 Å². The summed E-state index contributed by atoms with van der Waals surface area (Å²) in [6.07, 6.45) is 1.70. The minimum Gasteiger partial charge on any atom is -0.494 e. The first-order valence-electron chi connectivity index (χ1n) is 12.4. The summed E-state index contributed by atoms with van der Waals surface area (Å²) < 4.78 is 15.2. The third-order valence-corrected chi connectivity index (χ3v) is 7.05. The van der Waals surface area contributed by atoms with Crippen molar-refractivity contribution < 1.29 is 23.9 Å². The van der Waals surface area contributed by atoms with Gasteiger partial charge in [0.05, 0.1) is 18.4 Å². The summed E-state index contributed by atoms with van der Waals surface area (Å²) in [5.41, 5.74) is 13.2. The summed E-state index contributed by atoms with van der Waals surface area (Å²) in [7, 11) is 0. The molecule has 1 aliphatic rings. The van der Waals surface area contributed by atoms with Crippen molar-refractivity contribution >= 4 is 40.6 Å². The number of carbonyl (C=O) groups excluding carboxylic acids is 3. The topological polar surface area (TPSA) is 150 Å². The van der Waals surface area contributed by atoms with Crippen LogP contribution >= 0.6 is 11.5 Å². The quantitative estimate of drug-likeness (QED) is 0.359. The number of anilines is 2. The van der Waals surface area contributed by atoms with Crippen LogP contribution in [-0.2, 0) is 9.53 Å². The molecule has 0 radical (unpaired) electrons. The Morgan fingerprint density at radius 3 is 2.61 bits per heavy atom. The van der Waals surface area contributed by atoms with Crippen LogP contribution in [-0.4, -0.2) is 48.0 Å². The van der Waals surface area contributed by atoms with Crippen LogP contribution in [0.5, 0.6) is 5.75 Å². The predicted octanol–water partition coefficient (Wildman–Crippen LogP) is 3.21. The summed E-state index contributed by atoms with van der Waals surface area (Å²) in [4.78, 5) is 41.1. The van der Waals surface area contributed by atoms with E-state index in [1.807, 2.05) is 19.9 Å². The van der Waals surface area contributed by atoms with Gasteiger partial charge in [0.2, 0.25) is 5.91 Å². The third kappa shape index (κ3) is 5.95. The molecule has 11 heteroatoms. The Kier molecular flexibility index (Phi) is 8.59. The van der Waals surface area contributed by atoms with E-state index >= 15 is 0 Å². The third-order valence-electron chi connectivity index (χ3n) is 6.20. The average Bonchev–Trinajstić information content (AvgIpc) is 3.56. The molecule has 1 aromatic heterocycles. The molecule has 2 aromatic carbocycles. The summed E-state index contributed by atoms with van der Waals surface area (Å²) in [5, 5.41) is 2.97. The Hall–Kier alpha value is -3.96. The summed E-state index contributed by atoms with van der Waals surface area (Å²) in [6.45, 7) is 5.24. The Morgan fingerprint density at radius 2 is 2.00 bits per heavy atom. The summed E-state index contributed by atoms with van der Waals surface area (Å²) >= 11 is 0.768. The number of nitrogens with zero attached hydrogens (tertiary/aromatic N) is 2. The lowest BCUT2D eigenvalue weighted by molar-refractivity contribution is -0.123. The van der Waals surface area contributed by atoms with Gasteiger partial charge in [-0.05, 0) is 73.6 Å². The van der Waals surface area contributed by atoms with Crippen molar-refractivity contribution in [1.29, 1.82) is 0 Å². The van der Waals surface area contributed by atoms with Crippen molar-refractivity contribution in [3.05, 3.63) is 70.2 Å². The molecule has 0 unspecified atom stereocenters. The second kappa shape index (κ2) is 12.1. The van der Waals surface area contributed by atoms with Crippen molar-refractivity contribution in [3.63, 3.8) is 0 Å². The number of nitrogen functional groups attached to an aromatic ring is 1. The standard InChI is InChI=1S/C27H31N5O5S/c1-3-36-19-11-9-17(10-12-19)23(26(34)30-15-20-8-5-13-37-20)32(18-7-4-6-16(2)14-18)27(35)24-21(28)22(25(29)33)31-38-24/h4,6-7,9-12,14,20,23H,3,5,8,13,15,28H2,1-2H3,(H2,29,33)(H,30,34)/t20-,23+/m1/s1. The molecule has 2 atom stereocenters. The number of hydrogen-bond donors (Lipinski definition) is 3. The van der Waals surface area contributed by atoms with Crippen LogP contribution in [0.1, 0.15) is 57.1 Å². The molecule has 1 saturated heterocycles. The molecular weight excluding hydrogens is 506 g/mol. The van der Waals surface area contributed by atoms with Crippen LogP contribution < -0.4 is 26.4 Å². The van der Waals surface area contributed by atoms with Gasteiger partial charge in [0, 0.05) is 18.8 Å². The lowest BCUT2D eigenvalue weighted by atomic mass is 10.0. The molecule has 200 valence electrons. The average molecular weight is 538 g/mol. The van der Waals surface area contributed by atoms with Gasteiger partial charge in [-0.25, -0.2) is 0 Å². The van der Waals surface area contributed by atoms with Crippen LogP contribution in [0.25, 0.3) is 0 Å². The molecular formula is C27H31N5O5S. The van der Waals surface area contributed by atoms with Gasteiger partial charge in [0.15, 0.2) is 5.69 Å². The largest absolute Gasteiger partial charge is 0.494 e. The first-order valence-corrected chi connectivity index (χ1v) is 13.1. The number of amides is 3.